The van der Waals surface area contributed by atoms with Gasteiger partial charge in [0.1, 0.15) is 0 Å². The maximum Gasteiger partial charge on any atom is 0.191 e. The minimum Gasteiger partial charge on any atom is -0.373 e. The number of likely N-dealkylation sites (N-methyl/N-ethyl adjacent to an activating group) is 1. The van der Waals surface area contributed by atoms with Crippen molar-refractivity contribution in [2.75, 3.05) is 37.8 Å². The summed E-state index contributed by atoms with van der Waals surface area (Å²) in [5, 5.41) is 6.58. The average Bonchev–Trinajstić information content (AvgIpc) is 2.65. The summed E-state index contributed by atoms with van der Waals surface area (Å²) < 4.78 is 23.5. The number of para-hydroxylation sites is 1. The molecule has 0 saturated heterocycles. The van der Waals surface area contributed by atoms with E-state index in [1.807, 2.05) is 44.2 Å². The van der Waals surface area contributed by atoms with Crippen molar-refractivity contribution >= 4 is 21.5 Å². The highest BCUT2D eigenvalue weighted by molar-refractivity contribution is 7.90. The van der Waals surface area contributed by atoms with Crippen LogP contribution in [-0.4, -0.2) is 47.3 Å². The van der Waals surface area contributed by atoms with Crippen molar-refractivity contribution in [2.24, 2.45) is 4.99 Å². The number of nitrogens with one attached hydrogen (secondary N) is 2. The molecular formula is C21H30N4O2S. The number of aliphatic imine (C=N–C) groups is 1. The minimum atomic E-state index is -3.20. The number of hydrogen-bond donors (Lipinski definition) is 2. The van der Waals surface area contributed by atoms with Crippen LogP contribution in [0.3, 0.4) is 0 Å². The van der Waals surface area contributed by atoms with Gasteiger partial charge in [-0.1, -0.05) is 30.3 Å². The van der Waals surface area contributed by atoms with E-state index >= 15 is 0 Å². The third kappa shape index (κ3) is 6.56. The summed E-state index contributed by atoms with van der Waals surface area (Å²) in [5.74, 6) is 0.744. The first-order chi connectivity index (χ1) is 13.3. The van der Waals surface area contributed by atoms with E-state index in [1.54, 1.807) is 6.07 Å². The molecule has 28 heavy (non-hydrogen) atoms. The molecule has 0 bridgehead atoms. The number of hydrogen-bond acceptors (Lipinski definition) is 4. The van der Waals surface area contributed by atoms with Gasteiger partial charge >= 0.3 is 0 Å². The van der Waals surface area contributed by atoms with Crippen LogP contribution in [0, 0.1) is 6.92 Å². The number of aryl methyl sites for hydroxylation is 1. The molecule has 0 amide bonds. The quantitative estimate of drug-likeness (QED) is 0.524. The second kappa shape index (κ2) is 10.1. The molecule has 0 aliphatic carbocycles. The largest absolute Gasteiger partial charge is 0.373 e. The highest BCUT2D eigenvalue weighted by Crippen LogP contribution is 2.17. The Kier molecular flexibility index (Phi) is 7.87. The summed E-state index contributed by atoms with van der Waals surface area (Å²) >= 11 is 0. The monoisotopic (exact) mass is 402 g/mol. The van der Waals surface area contributed by atoms with Crippen molar-refractivity contribution in [2.45, 2.75) is 25.3 Å². The molecule has 0 saturated carbocycles. The second-order valence-corrected chi connectivity index (χ2v) is 8.74. The molecule has 7 heteroatoms. The van der Waals surface area contributed by atoms with E-state index in [4.69, 9.17) is 0 Å². The summed E-state index contributed by atoms with van der Waals surface area (Å²) in [6.45, 7) is 6.69. The van der Waals surface area contributed by atoms with Gasteiger partial charge in [-0.05, 0) is 43.2 Å². The highest BCUT2D eigenvalue weighted by atomic mass is 32.2. The number of guanidine groups is 1. The molecule has 152 valence electrons. The van der Waals surface area contributed by atoms with E-state index in [0.29, 0.717) is 11.4 Å². The molecule has 0 atom stereocenters. The van der Waals surface area contributed by atoms with E-state index in [0.717, 1.165) is 36.7 Å². The summed E-state index contributed by atoms with van der Waals surface area (Å²) in [6, 6.07) is 15.6. The molecule has 0 aliphatic heterocycles. The van der Waals surface area contributed by atoms with Crippen LogP contribution < -0.4 is 15.5 Å². The van der Waals surface area contributed by atoms with Gasteiger partial charge in [0.15, 0.2) is 15.8 Å². The maximum atomic E-state index is 11.7. The first-order valence-corrected chi connectivity index (χ1v) is 11.3. The number of rotatable bonds is 8. The lowest BCUT2D eigenvalue weighted by atomic mass is 10.1. The Morgan fingerprint density at radius 2 is 1.82 bits per heavy atom. The Bertz CT molecular complexity index is 896. The molecule has 0 fully saturated rings. The van der Waals surface area contributed by atoms with E-state index < -0.39 is 9.84 Å². The van der Waals surface area contributed by atoms with Crippen LogP contribution in [0.25, 0.3) is 0 Å². The van der Waals surface area contributed by atoms with Gasteiger partial charge in [0.25, 0.3) is 0 Å². The van der Waals surface area contributed by atoms with Gasteiger partial charge in [-0.3, -0.25) is 0 Å². The minimum absolute atomic E-state index is 0.370. The third-order valence-corrected chi connectivity index (χ3v) is 5.60. The Hall–Kier alpha value is -2.54. The molecule has 0 aliphatic rings. The molecule has 2 aromatic carbocycles. The van der Waals surface area contributed by atoms with E-state index in [1.165, 1.54) is 11.9 Å². The molecular weight excluding hydrogens is 372 g/mol. The Morgan fingerprint density at radius 1 is 1.11 bits per heavy atom. The van der Waals surface area contributed by atoms with Crippen LogP contribution in [-0.2, 0) is 16.4 Å². The molecule has 2 N–H and O–H groups in total. The van der Waals surface area contributed by atoms with Crippen molar-refractivity contribution < 1.29 is 8.42 Å². The summed E-state index contributed by atoms with van der Waals surface area (Å²) in [6.07, 6.45) is 1.23. The smallest absolute Gasteiger partial charge is 0.191 e. The first kappa shape index (κ1) is 21.8. The van der Waals surface area contributed by atoms with Gasteiger partial charge in [-0.2, -0.15) is 0 Å². The topological polar surface area (TPSA) is 73.8 Å². The van der Waals surface area contributed by atoms with Crippen LogP contribution in [0.5, 0.6) is 0 Å². The van der Waals surface area contributed by atoms with Crippen LogP contribution in [0.2, 0.25) is 0 Å². The number of sulfone groups is 1. The molecule has 2 rings (SSSR count). The predicted molar refractivity (Wildman–Crippen MR) is 117 cm³/mol. The fourth-order valence-corrected chi connectivity index (χ4v) is 3.85. The predicted octanol–water partition coefficient (Wildman–Crippen LogP) is 2.59. The lowest BCUT2D eigenvalue weighted by Gasteiger charge is -2.20. The number of benzene rings is 2. The Labute approximate surface area is 168 Å². The maximum absolute atomic E-state index is 11.7. The summed E-state index contributed by atoms with van der Waals surface area (Å²) in [5.41, 5.74) is 2.90. The number of anilines is 1. The van der Waals surface area contributed by atoms with Gasteiger partial charge in [0.05, 0.1) is 11.4 Å². The second-order valence-electron chi connectivity index (χ2n) is 6.75. The van der Waals surface area contributed by atoms with Crippen molar-refractivity contribution in [3.05, 3.63) is 59.7 Å². The molecule has 0 radical (unpaired) electrons. The molecule has 0 spiro atoms. The summed E-state index contributed by atoms with van der Waals surface area (Å²) in [4.78, 5) is 7.17. The lowest BCUT2D eigenvalue weighted by molar-refractivity contribution is 0.601. The van der Waals surface area contributed by atoms with Crippen molar-refractivity contribution in [1.82, 2.24) is 10.6 Å². The van der Waals surface area contributed by atoms with Crippen LogP contribution in [0.1, 0.15) is 18.1 Å². The zero-order chi connectivity index (χ0) is 20.6. The van der Waals surface area contributed by atoms with Gasteiger partial charge in [-0.15, -0.1) is 0 Å². The van der Waals surface area contributed by atoms with Gasteiger partial charge in [0.2, 0.25) is 0 Å². The van der Waals surface area contributed by atoms with Crippen LogP contribution in [0.15, 0.2) is 58.4 Å². The molecule has 2 aromatic rings. The average molecular weight is 403 g/mol. The molecule has 0 aromatic heterocycles. The van der Waals surface area contributed by atoms with Crippen molar-refractivity contribution in [3.8, 4) is 0 Å². The fourth-order valence-electron chi connectivity index (χ4n) is 2.89. The van der Waals surface area contributed by atoms with Gasteiger partial charge < -0.3 is 15.5 Å². The zero-order valence-corrected chi connectivity index (χ0v) is 17.9. The summed E-state index contributed by atoms with van der Waals surface area (Å²) in [7, 11) is -1.14. The van der Waals surface area contributed by atoms with E-state index in [-0.39, 0.29) is 0 Å². The van der Waals surface area contributed by atoms with Gasteiger partial charge in [0, 0.05) is 38.6 Å². The van der Waals surface area contributed by atoms with Crippen molar-refractivity contribution in [1.29, 1.82) is 0 Å². The normalized spacial score (nSPS) is 11.9. The first-order valence-electron chi connectivity index (χ1n) is 9.39. The highest BCUT2D eigenvalue weighted by Gasteiger charge is 2.10. The standard InChI is InChI=1S/C21H30N4O2S/c1-5-22-21(23-13-14-25(3)19-9-7-6-8-10-19)24-16-18-11-12-20(17(2)15-18)28(4,26)27/h6-12,15H,5,13-14,16H2,1-4H3,(H2,22,23,24). The zero-order valence-electron chi connectivity index (χ0n) is 17.1. The van der Waals surface area contributed by atoms with Crippen molar-refractivity contribution in [3.63, 3.8) is 0 Å². The molecule has 6 nitrogen and oxygen atoms in total. The SMILES string of the molecule is CCNC(=NCc1ccc(S(C)(=O)=O)c(C)c1)NCCN(C)c1ccccc1. The lowest BCUT2D eigenvalue weighted by Crippen LogP contribution is -2.41. The Balaban J connectivity index is 1.96. The molecule has 0 heterocycles. The third-order valence-electron chi connectivity index (χ3n) is 4.34. The fraction of sp³-hybridized carbons (Fsp3) is 0.381. The van der Waals surface area contributed by atoms with E-state index in [9.17, 15) is 8.42 Å². The van der Waals surface area contributed by atoms with Crippen LogP contribution in [0.4, 0.5) is 5.69 Å². The van der Waals surface area contributed by atoms with Gasteiger partial charge in [-0.25, -0.2) is 13.4 Å². The van der Waals surface area contributed by atoms with E-state index in [2.05, 4.69) is 39.7 Å². The Morgan fingerprint density at radius 3 is 2.43 bits per heavy atom. The number of nitrogens with zero attached hydrogens (tertiary/aromatic N) is 2. The molecule has 0 unspecified atom stereocenters. The van der Waals surface area contributed by atoms with Crippen LogP contribution >= 0.6 is 0 Å².